The fourth-order valence-electron chi connectivity index (χ4n) is 2.30. The van der Waals surface area contributed by atoms with E-state index < -0.39 is 6.04 Å². The van der Waals surface area contributed by atoms with Gasteiger partial charge < -0.3 is 15.4 Å². The molecule has 1 aliphatic heterocycles. The largest absolute Gasteiger partial charge is 0.369 e. The van der Waals surface area contributed by atoms with E-state index in [4.69, 9.17) is 4.74 Å². The van der Waals surface area contributed by atoms with E-state index in [1.165, 1.54) is 0 Å². The smallest absolute Gasteiger partial charge is 0.249 e. The highest BCUT2D eigenvalue weighted by Crippen LogP contribution is 2.22. The normalized spacial score (nSPS) is 18.5. The molecular weight excluding hydrogens is 256 g/mol. The lowest BCUT2D eigenvalue weighted by Gasteiger charge is -2.24. The third kappa shape index (κ3) is 3.17. The Bertz CT molecular complexity index is 492. The molecule has 2 rings (SSSR count). The molecule has 1 fully saturated rings. The molecule has 5 heteroatoms. The first-order chi connectivity index (χ1) is 9.65. The minimum absolute atomic E-state index is 0.0234. The average Bonchev–Trinajstić information content (AvgIpc) is 2.47. The second-order valence-electron chi connectivity index (χ2n) is 4.78. The molecule has 0 saturated carbocycles. The van der Waals surface area contributed by atoms with Gasteiger partial charge in [0.05, 0.1) is 6.61 Å². The summed E-state index contributed by atoms with van der Waals surface area (Å²) in [5.41, 5.74) is 3.06. The van der Waals surface area contributed by atoms with Gasteiger partial charge in [-0.15, -0.1) is 0 Å². The third-order valence-electron chi connectivity index (χ3n) is 3.42. The molecule has 0 aromatic heterocycles. The van der Waals surface area contributed by atoms with Crippen molar-refractivity contribution in [3.05, 3.63) is 29.3 Å². The van der Waals surface area contributed by atoms with Crippen molar-refractivity contribution in [3.63, 3.8) is 0 Å². The van der Waals surface area contributed by atoms with E-state index in [0.717, 1.165) is 29.7 Å². The molecule has 2 amide bonds. The predicted molar refractivity (Wildman–Crippen MR) is 76.6 cm³/mol. The van der Waals surface area contributed by atoms with Gasteiger partial charge in [-0.3, -0.25) is 9.59 Å². The van der Waals surface area contributed by atoms with E-state index in [2.05, 4.69) is 24.5 Å². The van der Waals surface area contributed by atoms with Gasteiger partial charge in [-0.1, -0.05) is 32.0 Å². The summed E-state index contributed by atoms with van der Waals surface area (Å²) in [6, 6.07) is 5.39. The summed E-state index contributed by atoms with van der Waals surface area (Å²) in [6.45, 7) is 4.34. The first kappa shape index (κ1) is 14.5. The number of para-hydroxylation sites is 1. The highest BCUT2D eigenvalue weighted by molar-refractivity contribution is 5.99. The molecule has 0 spiro atoms. The van der Waals surface area contributed by atoms with E-state index in [-0.39, 0.29) is 25.0 Å². The van der Waals surface area contributed by atoms with Gasteiger partial charge in [0.2, 0.25) is 11.8 Å². The SMILES string of the molecule is CCc1cccc(CC)c1NC(=O)C1COCC(=O)N1. The first-order valence-corrected chi connectivity index (χ1v) is 6.94. The van der Waals surface area contributed by atoms with Crippen molar-refractivity contribution in [2.75, 3.05) is 18.5 Å². The highest BCUT2D eigenvalue weighted by atomic mass is 16.5. The second-order valence-corrected chi connectivity index (χ2v) is 4.78. The first-order valence-electron chi connectivity index (χ1n) is 6.94. The molecule has 20 heavy (non-hydrogen) atoms. The number of morpholine rings is 1. The maximum atomic E-state index is 12.2. The molecular formula is C15H20N2O3. The van der Waals surface area contributed by atoms with E-state index in [1.54, 1.807) is 0 Å². The zero-order chi connectivity index (χ0) is 14.5. The molecule has 0 bridgehead atoms. The van der Waals surface area contributed by atoms with Crippen LogP contribution in [0.1, 0.15) is 25.0 Å². The number of ether oxygens (including phenoxy) is 1. The molecule has 0 aliphatic carbocycles. The maximum Gasteiger partial charge on any atom is 0.249 e. The number of anilines is 1. The number of nitrogens with one attached hydrogen (secondary N) is 2. The number of hydrogen-bond acceptors (Lipinski definition) is 3. The van der Waals surface area contributed by atoms with Crippen LogP contribution in [-0.2, 0) is 27.2 Å². The van der Waals surface area contributed by atoms with Gasteiger partial charge in [0, 0.05) is 5.69 Å². The summed E-state index contributed by atoms with van der Waals surface area (Å²) >= 11 is 0. The predicted octanol–water partition coefficient (Wildman–Crippen LogP) is 1.26. The van der Waals surface area contributed by atoms with Gasteiger partial charge in [0.15, 0.2) is 0 Å². The van der Waals surface area contributed by atoms with E-state index in [1.807, 2.05) is 18.2 Å². The quantitative estimate of drug-likeness (QED) is 0.870. The standard InChI is InChI=1S/C15H20N2O3/c1-3-10-6-5-7-11(4-2)14(10)17-15(19)12-8-20-9-13(18)16-12/h5-7,12H,3-4,8-9H2,1-2H3,(H,16,18)(H,17,19). The van der Waals surface area contributed by atoms with Crippen LogP contribution >= 0.6 is 0 Å². The maximum absolute atomic E-state index is 12.2. The van der Waals surface area contributed by atoms with Crippen LogP contribution in [0.4, 0.5) is 5.69 Å². The molecule has 2 N–H and O–H groups in total. The van der Waals surface area contributed by atoms with Gasteiger partial charge in [0.25, 0.3) is 0 Å². The van der Waals surface area contributed by atoms with Gasteiger partial charge >= 0.3 is 0 Å². The van der Waals surface area contributed by atoms with Crippen molar-refractivity contribution in [1.82, 2.24) is 5.32 Å². The second kappa shape index (κ2) is 6.52. The number of amides is 2. The van der Waals surface area contributed by atoms with E-state index in [9.17, 15) is 9.59 Å². The van der Waals surface area contributed by atoms with Crippen LogP contribution in [0.2, 0.25) is 0 Å². The summed E-state index contributed by atoms with van der Waals surface area (Å²) in [4.78, 5) is 23.5. The number of benzene rings is 1. The Kier molecular flexibility index (Phi) is 4.74. The molecule has 5 nitrogen and oxygen atoms in total. The summed E-state index contributed by atoms with van der Waals surface area (Å²) in [5.74, 6) is -0.482. The van der Waals surface area contributed by atoms with Crippen LogP contribution < -0.4 is 10.6 Å². The molecule has 1 saturated heterocycles. The third-order valence-corrected chi connectivity index (χ3v) is 3.42. The van der Waals surface area contributed by atoms with Crippen molar-refractivity contribution in [3.8, 4) is 0 Å². The molecule has 1 unspecified atom stereocenters. The molecule has 0 radical (unpaired) electrons. The Labute approximate surface area is 118 Å². The lowest BCUT2D eigenvalue weighted by Crippen LogP contribution is -2.52. The van der Waals surface area contributed by atoms with Gasteiger partial charge in [-0.05, 0) is 24.0 Å². The molecule has 1 heterocycles. The van der Waals surface area contributed by atoms with Crippen LogP contribution in [0, 0.1) is 0 Å². The topological polar surface area (TPSA) is 67.4 Å². The molecule has 1 aromatic rings. The van der Waals surface area contributed by atoms with Crippen molar-refractivity contribution in [2.45, 2.75) is 32.7 Å². The van der Waals surface area contributed by atoms with Gasteiger partial charge in [-0.2, -0.15) is 0 Å². The fourth-order valence-corrected chi connectivity index (χ4v) is 2.30. The van der Waals surface area contributed by atoms with Gasteiger partial charge in [0.1, 0.15) is 12.6 Å². The lowest BCUT2D eigenvalue weighted by molar-refractivity contribution is -0.136. The molecule has 108 valence electrons. The van der Waals surface area contributed by atoms with Crippen molar-refractivity contribution in [1.29, 1.82) is 0 Å². The minimum atomic E-state index is -0.620. The van der Waals surface area contributed by atoms with Crippen LogP contribution in [0.15, 0.2) is 18.2 Å². The zero-order valence-corrected chi connectivity index (χ0v) is 11.9. The highest BCUT2D eigenvalue weighted by Gasteiger charge is 2.26. The number of carbonyl (C=O) groups excluding carboxylic acids is 2. The van der Waals surface area contributed by atoms with Crippen molar-refractivity contribution < 1.29 is 14.3 Å². The summed E-state index contributed by atoms with van der Waals surface area (Å²) in [7, 11) is 0. The molecule has 1 aliphatic rings. The Balaban J connectivity index is 2.16. The van der Waals surface area contributed by atoms with Crippen LogP contribution in [0.5, 0.6) is 0 Å². The molecule has 1 atom stereocenters. The Hall–Kier alpha value is -1.88. The zero-order valence-electron chi connectivity index (χ0n) is 11.9. The van der Waals surface area contributed by atoms with Crippen LogP contribution in [0.3, 0.4) is 0 Å². The Morgan fingerprint density at radius 3 is 2.55 bits per heavy atom. The number of hydrogen-bond donors (Lipinski definition) is 2. The number of rotatable bonds is 4. The van der Waals surface area contributed by atoms with Gasteiger partial charge in [-0.25, -0.2) is 0 Å². The summed E-state index contributed by atoms with van der Waals surface area (Å²) in [5, 5.41) is 5.57. The monoisotopic (exact) mass is 276 g/mol. The average molecular weight is 276 g/mol. The van der Waals surface area contributed by atoms with Crippen molar-refractivity contribution >= 4 is 17.5 Å². The molecule has 1 aromatic carbocycles. The van der Waals surface area contributed by atoms with Crippen LogP contribution in [0.25, 0.3) is 0 Å². The lowest BCUT2D eigenvalue weighted by atomic mass is 10.0. The van der Waals surface area contributed by atoms with Crippen molar-refractivity contribution in [2.24, 2.45) is 0 Å². The van der Waals surface area contributed by atoms with E-state index in [0.29, 0.717) is 0 Å². The van der Waals surface area contributed by atoms with E-state index >= 15 is 0 Å². The minimum Gasteiger partial charge on any atom is -0.369 e. The summed E-state index contributed by atoms with van der Waals surface area (Å²) in [6.07, 6.45) is 1.69. The fraction of sp³-hybridized carbons (Fsp3) is 0.467. The van der Waals surface area contributed by atoms with Crippen LogP contribution in [-0.4, -0.2) is 31.1 Å². The Morgan fingerprint density at radius 2 is 2.00 bits per heavy atom. The number of aryl methyl sites for hydroxylation is 2. The Morgan fingerprint density at radius 1 is 1.35 bits per heavy atom. The summed E-state index contributed by atoms with van der Waals surface area (Å²) < 4.78 is 5.09. The number of carbonyl (C=O) groups is 2.